The number of carbonyl (C=O) groups is 1. The van der Waals surface area contributed by atoms with Crippen molar-refractivity contribution < 1.29 is 9.53 Å². The first-order valence-corrected chi connectivity index (χ1v) is 5.21. The van der Waals surface area contributed by atoms with E-state index in [1.54, 1.807) is 18.5 Å². The monoisotopic (exact) mass is 207 g/mol. The molecule has 3 nitrogen and oxygen atoms in total. The molecular formula is C10H9NO2S. The van der Waals surface area contributed by atoms with Gasteiger partial charge in [-0.25, -0.2) is 4.98 Å². The van der Waals surface area contributed by atoms with Crippen LogP contribution >= 0.6 is 11.3 Å². The second-order valence-electron chi connectivity index (χ2n) is 2.81. The maximum absolute atomic E-state index is 11.0. The number of rotatable bonds is 2. The van der Waals surface area contributed by atoms with Crippen molar-refractivity contribution >= 4 is 27.5 Å². The Morgan fingerprint density at radius 3 is 3.21 bits per heavy atom. The van der Waals surface area contributed by atoms with Crippen LogP contribution in [0.5, 0.6) is 5.75 Å². The molecule has 0 amide bonds. The molecular weight excluding hydrogens is 198 g/mol. The van der Waals surface area contributed by atoms with Gasteiger partial charge in [-0.05, 0) is 12.1 Å². The zero-order chi connectivity index (χ0) is 9.97. The lowest BCUT2D eigenvalue weighted by Crippen LogP contribution is -2.04. The summed E-state index contributed by atoms with van der Waals surface area (Å²) in [5.74, 6) is 0.377. The van der Waals surface area contributed by atoms with Crippen LogP contribution in [0.3, 0.4) is 0 Å². The van der Waals surface area contributed by atoms with Crippen LogP contribution < -0.4 is 4.74 Å². The molecule has 4 heteroatoms. The zero-order valence-corrected chi connectivity index (χ0v) is 8.50. The molecule has 0 atom stereocenters. The Kier molecular flexibility index (Phi) is 2.45. The normalized spacial score (nSPS) is 10.4. The van der Waals surface area contributed by atoms with Gasteiger partial charge >= 0.3 is 5.97 Å². The van der Waals surface area contributed by atoms with E-state index in [1.165, 1.54) is 11.3 Å². The van der Waals surface area contributed by atoms with Crippen molar-refractivity contribution in [1.29, 1.82) is 0 Å². The molecule has 0 N–H and O–H groups in total. The summed E-state index contributed by atoms with van der Waals surface area (Å²) in [6, 6.07) is 5.44. The molecule has 0 aliphatic rings. The summed E-state index contributed by atoms with van der Waals surface area (Å²) in [4.78, 5) is 15.2. The Bertz CT molecular complexity index is 464. The van der Waals surface area contributed by atoms with Gasteiger partial charge in [0.1, 0.15) is 5.75 Å². The topological polar surface area (TPSA) is 39.2 Å². The summed E-state index contributed by atoms with van der Waals surface area (Å²) in [7, 11) is 0. The minimum absolute atomic E-state index is 0.214. The molecule has 0 fully saturated rings. The first-order chi connectivity index (χ1) is 6.79. The van der Waals surface area contributed by atoms with E-state index in [-0.39, 0.29) is 5.97 Å². The van der Waals surface area contributed by atoms with Crippen molar-refractivity contribution in [3.63, 3.8) is 0 Å². The molecule has 1 aromatic heterocycles. The van der Waals surface area contributed by atoms with E-state index < -0.39 is 0 Å². The van der Waals surface area contributed by atoms with Crippen molar-refractivity contribution in [3.8, 4) is 5.75 Å². The maximum atomic E-state index is 11.0. The van der Waals surface area contributed by atoms with Crippen LogP contribution in [0.2, 0.25) is 0 Å². The molecule has 0 unspecified atom stereocenters. The Balaban J connectivity index is 2.30. The van der Waals surface area contributed by atoms with Crippen LogP contribution in [0.1, 0.15) is 13.3 Å². The van der Waals surface area contributed by atoms with Crippen LogP contribution in [-0.4, -0.2) is 11.0 Å². The molecule has 0 bridgehead atoms. The lowest BCUT2D eigenvalue weighted by molar-refractivity contribution is -0.134. The van der Waals surface area contributed by atoms with Gasteiger partial charge in [-0.2, -0.15) is 0 Å². The molecule has 2 rings (SSSR count). The van der Waals surface area contributed by atoms with Crippen molar-refractivity contribution in [1.82, 2.24) is 4.98 Å². The zero-order valence-electron chi connectivity index (χ0n) is 7.69. The smallest absolute Gasteiger partial charge is 0.310 e. The van der Waals surface area contributed by atoms with Gasteiger partial charge in [-0.3, -0.25) is 4.79 Å². The minimum atomic E-state index is -0.214. The molecule has 0 saturated carbocycles. The summed E-state index contributed by atoms with van der Waals surface area (Å²) in [5, 5.41) is 0. The van der Waals surface area contributed by atoms with Gasteiger partial charge in [0.15, 0.2) is 0 Å². The summed E-state index contributed by atoms with van der Waals surface area (Å²) >= 11 is 1.53. The molecule has 0 aliphatic heterocycles. The summed E-state index contributed by atoms with van der Waals surface area (Å²) in [5.41, 5.74) is 2.71. The van der Waals surface area contributed by atoms with Crippen LogP contribution in [0.4, 0.5) is 0 Å². The van der Waals surface area contributed by atoms with Crippen molar-refractivity contribution in [2.45, 2.75) is 13.3 Å². The number of benzene rings is 1. The highest BCUT2D eigenvalue weighted by Gasteiger charge is 2.03. The van der Waals surface area contributed by atoms with Crippen LogP contribution in [0.25, 0.3) is 10.2 Å². The van der Waals surface area contributed by atoms with Crippen LogP contribution in [0, 0.1) is 0 Å². The van der Waals surface area contributed by atoms with Crippen molar-refractivity contribution in [3.05, 3.63) is 23.7 Å². The van der Waals surface area contributed by atoms with E-state index in [4.69, 9.17) is 4.74 Å². The van der Waals surface area contributed by atoms with E-state index in [1.807, 2.05) is 12.1 Å². The van der Waals surface area contributed by atoms with E-state index in [0.717, 1.165) is 10.2 Å². The summed E-state index contributed by atoms with van der Waals surface area (Å²) in [6.45, 7) is 1.77. The number of nitrogens with zero attached hydrogens (tertiary/aromatic N) is 1. The molecule has 1 heterocycles. The Labute approximate surface area is 85.3 Å². The highest BCUT2D eigenvalue weighted by molar-refractivity contribution is 7.16. The van der Waals surface area contributed by atoms with Gasteiger partial charge in [0.25, 0.3) is 0 Å². The number of esters is 1. The number of thiazole rings is 1. The van der Waals surface area contributed by atoms with E-state index >= 15 is 0 Å². The second-order valence-corrected chi connectivity index (χ2v) is 3.70. The second kappa shape index (κ2) is 3.75. The first-order valence-electron chi connectivity index (χ1n) is 4.33. The predicted octanol–water partition coefficient (Wildman–Crippen LogP) is 2.61. The number of aromatic nitrogens is 1. The fourth-order valence-corrected chi connectivity index (χ4v) is 1.81. The average molecular weight is 207 g/mol. The average Bonchev–Trinajstić information content (AvgIpc) is 2.64. The fraction of sp³-hybridized carbons (Fsp3) is 0.200. The third-order valence-corrected chi connectivity index (χ3v) is 2.61. The quantitative estimate of drug-likeness (QED) is 0.561. The van der Waals surface area contributed by atoms with Gasteiger partial charge in [-0.15, -0.1) is 11.3 Å². The van der Waals surface area contributed by atoms with Gasteiger partial charge in [0.05, 0.1) is 15.7 Å². The third-order valence-electron chi connectivity index (χ3n) is 1.82. The fourth-order valence-electron chi connectivity index (χ4n) is 1.10. The molecule has 0 radical (unpaired) electrons. The standard InChI is InChI=1S/C10H9NO2S/c1-2-10(12)13-7-3-4-8-9(5-7)14-6-11-8/h3-6H,2H2,1H3. The van der Waals surface area contributed by atoms with Gasteiger partial charge < -0.3 is 4.74 Å². The highest BCUT2D eigenvalue weighted by atomic mass is 32.1. The SMILES string of the molecule is CCC(=O)Oc1ccc2ncsc2c1. The number of fused-ring (bicyclic) bond motifs is 1. The molecule has 2 aromatic rings. The molecule has 0 spiro atoms. The van der Waals surface area contributed by atoms with Crippen LogP contribution in [0.15, 0.2) is 23.7 Å². The Morgan fingerprint density at radius 2 is 2.43 bits per heavy atom. The minimum Gasteiger partial charge on any atom is -0.426 e. The number of hydrogen-bond donors (Lipinski definition) is 0. The first kappa shape index (κ1) is 9.15. The van der Waals surface area contributed by atoms with Gasteiger partial charge in [0, 0.05) is 12.5 Å². The van der Waals surface area contributed by atoms with E-state index in [2.05, 4.69) is 4.98 Å². The number of hydrogen-bond acceptors (Lipinski definition) is 4. The highest BCUT2D eigenvalue weighted by Crippen LogP contribution is 2.23. The van der Waals surface area contributed by atoms with E-state index in [0.29, 0.717) is 12.2 Å². The van der Waals surface area contributed by atoms with Gasteiger partial charge in [-0.1, -0.05) is 6.92 Å². The Hall–Kier alpha value is -1.42. The lowest BCUT2D eigenvalue weighted by Gasteiger charge is -2.01. The molecule has 14 heavy (non-hydrogen) atoms. The maximum Gasteiger partial charge on any atom is 0.310 e. The third kappa shape index (κ3) is 1.75. The number of ether oxygens (including phenoxy) is 1. The summed E-state index contributed by atoms with van der Waals surface area (Å²) < 4.78 is 6.11. The molecule has 1 aromatic carbocycles. The van der Waals surface area contributed by atoms with E-state index in [9.17, 15) is 4.79 Å². The van der Waals surface area contributed by atoms with Crippen LogP contribution in [-0.2, 0) is 4.79 Å². The van der Waals surface area contributed by atoms with Gasteiger partial charge in [0.2, 0.25) is 0 Å². The van der Waals surface area contributed by atoms with Crippen molar-refractivity contribution in [2.24, 2.45) is 0 Å². The molecule has 72 valence electrons. The lowest BCUT2D eigenvalue weighted by atomic mass is 10.3. The predicted molar refractivity (Wildman–Crippen MR) is 55.5 cm³/mol. The molecule has 0 aliphatic carbocycles. The Morgan fingerprint density at radius 1 is 1.57 bits per heavy atom. The van der Waals surface area contributed by atoms with Crippen molar-refractivity contribution in [2.75, 3.05) is 0 Å². The number of carbonyl (C=O) groups excluding carboxylic acids is 1. The summed E-state index contributed by atoms with van der Waals surface area (Å²) in [6.07, 6.45) is 0.390. The largest absolute Gasteiger partial charge is 0.426 e. The molecule has 0 saturated heterocycles.